The van der Waals surface area contributed by atoms with Crippen molar-refractivity contribution in [1.82, 2.24) is 0 Å². The molecular formula is C20H20F4N2O6S2. The Morgan fingerprint density at radius 3 is 2.35 bits per heavy atom. The quantitative estimate of drug-likeness (QED) is 0.343. The van der Waals surface area contributed by atoms with Crippen LogP contribution in [0.1, 0.15) is 15.9 Å². The smallest absolute Gasteiger partial charge is 0.330 e. The average Bonchev–Trinajstić information content (AvgIpc) is 2.72. The Morgan fingerprint density at radius 2 is 1.76 bits per heavy atom. The summed E-state index contributed by atoms with van der Waals surface area (Å²) in [7, 11) is -8.52. The van der Waals surface area contributed by atoms with E-state index in [4.69, 9.17) is 5.14 Å². The molecule has 0 atom stereocenters. The molecule has 0 saturated carbocycles. The van der Waals surface area contributed by atoms with Crippen LogP contribution in [0.5, 0.6) is 0 Å². The van der Waals surface area contributed by atoms with E-state index >= 15 is 0 Å². The highest BCUT2D eigenvalue weighted by molar-refractivity contribution is 7.91. The minimum Gasteiger partial charge on any atom is -0.370 e. The molecule has 186 valence electrons. The fraction of sp³-hybridized carbons (Fsp3) is 0.250. The number of ether oxygens (including phenoxy) is 1. The number of carbonyl (C=O) groups excluding carboxylic acids is 1. The standard InChI is InChI=1S/C20H20F4N2O6S2/c1-2-10-33(28,29)17-13(11-32-12-20(23,24)19(21)22)6-5-7-14(17)18(27)26-15-8-3-4-9-16(15)34(25,30)31/h2-9,19H,1,10-12H2,(H,26,27)(H2,25,30,31). The zero-order chi connectivity index (χ0) is 25.7. The Morgan fingerprint density at radius 1 is 1.12 bits per heavy atom. The molecule has 0 aliphatic heterocycles. The van der Waals surface area contributed by atoms with E-state index in [0.717, 1.165) is 24.3 Å². The van der Waals surface area contributed by atoms with E-state index < -0.39 is 72.4 Å². The highest BCUT2D eigenvalue weighted by Gasteiger charge is 2.41. The lowest BCUT2D eigenvalue weighted by Gasteiger charge is -2.18. The van der Waals surface area contributed by atoms with Crippen molar-refractivity contribution in [3.63, 3.8) is 0 Å². The van der Waals surface area contributed by atoms with Gasteiger partial charge in [-0.15, -0.1) is 6.58 Å². The number of primary sulfonamides is 1. The summed E-state index contributed by atoms with van der Waals surface area (Å²) in [5, 5.41) is 7.39. The maximum absolute atomic E-state index is 13.2. The van der Waals surface area contributed by atoms with Gasteiger partial charge in [0.1, 0.15) is 11.5 Å². The molecule has 2 rings (SSSR count). The first kappa shape index (κ1) is 27.4. The number of hydrogen-bond donors (Lipinski definition) is 2. The Bertz CT molecular complexity index is 1280. The van der Waals surface area contributed by atoms with Gasteiger partial charge in [0.2, 0.25) is 10.0 Å². The second-order valence-corrected chi connectivity index (χ2v) is 10.4. The number of alkyl halides is 4. The van der Waals surface area contributed by atoms with Crippen molar-refractivity contribution in [2.24, 2.45) is 5.14 Å². The fourth-order valence-electron chi connectivity index (χ4n) is 2.85. The molecule has 8 nitrogen and oxygen atoms in total. The molecule has 0 heterocycles. The summed E-state index contributed by atoms with van der Waals surface area (Å²) in [6.45, 7) is 0.801. The average molecular weight is 525 g/mol. The summed E-state index contributed by atoms with van der Waals surface area (Å²) in [4.78, 5) is 11.9. The number of sulfone groups is 1. The van der Waals surface area contributed by atoms with Crippen LogP contribution in [-0.2, 0) is 31.2 Å². The van der Waals surface area contributed by atoms with Gasteiger partial charge >= 0.3 is 12.3 Å². The molecule has 0 radical (unpaired) electrons. The summed E-state index contributed by atoms with van der Waals surface area (Å²) in [5.41, 5.74) is -0.951. The van der Waals surface area contributed by atoms with Crippen LogP contribution in [0.4, 0.5) is 23.2 Å². The first-order valence-electron chi connectivity index (χ1n) is 9.33. The number of amides is 1. The third-order valence-electron chi connectivity index (χ3n) is 4.30. The third-order valence-corrected chi connectivity index (χ3v) is 7.05. The second kappa shape index (κ2) is 10.6. The van der Waals surface area contributed by atoms with Crippen LogP contribution < -0.4 is 10.5 Å². The lowest BCUT2D eigenvalue weighted by Crippen LogP contribution is -2.32. The molecule has 0 fully saturated rings. The number of para-hydroxylation sites is 1. The minimum absolute atomic E-state index is 0.236. The van der Waals surface area contributed by atoms with Crippen molar-refractivity contribution < 1.29 is 43.9 Å². The van der Waals surface area contributed by atoms with Gasteiger partial charge in [0.05, 0.1) is 28.5 Å². The van der Waals surface area contributed by atoms with Crippen LogP contribution in [0.3, 0.4) is 0 Å². The topological polar surface area (TPSA) is 133 Å². The maximum atomic E-state index is 13.2. The van der Waals surface area contributed by atoms with Crippen LogP contribution in [0.25, 0.3) is 0 Å². The first-order chi connectivity index (χ1) is 15.7. The second-order valence-electron chi connectivity index (χ2n) is 6.91. The van der Waals surface area contributed by atoms with Crippen LogP contribution in [0.15, 0.2) is 64.9 Å². The molecule has 14 heteroatoms. The molecule has 0 aromatic heterocycles. The molecule has 2 aromatic carbocycles. The van der Waals surface area contributed by atoms with Crippen LogP contribution in [-0.4, -0.2) is 47.5 Å². The van der Waals surface area contributed by atoms with Gasteiger partial charge in [-0.05, 0) is 23.8 Å². The Hall–Kier alpha value is -2.81. The van der Waals surface area contributed by atoms with Crippen molar-refractivity contribution >= 4 is 31.5 Å². The van der Waals surface area contributed by atoms with Crippen LogP contribution in [0.2, 0.25) is 0 Å². The van der Waals surface area contributed by atoms with E-state index in [-0.39, 0.29) is 11.3 Å². The molecular weight excluding hydrogens is 504 g/mol. The summed E-state index contributed by atoms with van der Waals surface area (Å²) in [5.74, 6) is -6.17. The van der Waals surface area contributed by atoms with E-state index in [0.29, 0.717) is 0 Å². The SMILES string of the molecule is C=CCS(=O)(=O)c1c(COCC(F)(F)C(F)F)cccc1C(=O)Nc1ccccc1S(N)(=O)=O. The van der Waals surface area contributed by atoms with E-state index in [1.165, 1.54) is 24.3 Å². The molecule has 34 heavy (non-hydrogen) atoms. The normalized spacial score (nSPS) is 12.5. The molecule has 2 aromatic rings. The van der Waals surface area contributed by atoms with Gasteiger partial charge in [0.25, 0.3) is 5.91 Å². The molecule has 0 bridgehead atoms. The Labute approximate surface area is 193 Å². The highest BCUT2D eigenvalue weighted by Crippen LogP contribution is 2.28. The van der Waals surface area contributed by atoms with Crippen LogP contribution in [0, 0.1) is 0 Å². The van der Waals surface area contributed by atoms with Crippen molar-refractivity contribution in [3.05, 3.63) is 66.2 Å². The summed E-state index contributed by atoms with van der Waals surface area (Å²) < 4.78 is 105. The maximum Gasteiger partial charge on any atom is 0.330 e. The van der Waals surface area contributed by atoms with Gasteiger partial charge in [-0.1, -0.05) is 30.3 Å². The largest absolute Gasteiger partial charge is 0.370 e. The number of sulfonamides is 1. The third kappa shape index (κ3) is 6.62. The molecule has 1 amide bonds. The number of rotatable bonds is 11. The van der Waals surface area contributed by atoms with E-state index in [2.05, 4.69) is 16.6 Å². The number of nitrogens with one attached hydrogen (secondary N) is 1. The predicted molar refractivity (Wildman–Crippen MR) is 115 cm³/mol. The fourth-order valence-corrected chi connectivity index (χ4v) is 5.04. The molecule has 0 aliphatic rings. The minimum atomic E-state index is -4.47. The zero-order valence-electron chi connectivity index (χ0n) is 17.4. The molecule has 0 saturated heterocycles. The van der Waals surface area contributed by atoms with Crippen LogP contribution >= 0.6 is 0 Å². The summed E-state index contributed by atoms with van der Waals surface area (Å²) in [6.07, 6.45) is -2.97. The van der Waals surface area contributed by atoms with Gasteiger partial charge in [-0.25, -0.2) is 30.8 Å². The van der Waals surface area contributed by atoms with Gasteiger partial charge in [-0.3, -0.25) is 4.79 Å². The number of carbonyl (C=O) groups is 1. The predicted octanol–water partition coefficient (Wildman–Crippen LogP) is 2.96. The summed E-state index contributed by atoms with van der Waals surface area (Å²) >= 11 is 0. The van der Waals surface area contributed by atoms with Crippen molar-refractivity contribution in [3.8, 4) is 0 Å². The van der Waals surface area contributed by atoms with Crippen molar-refractivity contribution in [2.75, 3.05) is 17.7 Å². The van der Waals surface area contributed by atoms with Crippen molar-refractivity contribution in [2.45, 2.75) is 28.7 Å². The molecule has 0 unspecified atom stereocenters. The first-order valence-corrected chi connectivity index (χ1v) is 12.5. The van der Waals surface area contributed by atoms with Gasteiger partial charge in [-0.2, -0.15) is 8.78 Å². The number of anilines is 1. The number of nitrogens with two attached hydrogens (primary N) is 1. The lowest BCUT2D eigenvalue weighted by molar-refractivity contribution is -0.168. The van der Waals surface area contributed by atoms with E-state index in [1.54, 1.807) is 0 Å². The van der Waals surface area contributed by atoms with Crippen molar-refractivity contribution in [1.29, 1.82) is 0 Å². The van der Waals surface area contributed by atoms with Gasteiger partial charge in [0.15, 0.2) is 9.84 Å². The number of halogens is 4. The van der Waals surface area contributed by atoms with Gasteiger partial charge in [0, 0.05) is 0 Å². The summed E-state index contributed by atoms with van der Waals surface area (Å²) in [6, 6.07) is 8.56. The highest BCUT2D eigenvalue weighted by atomic mass is 32.2. The Kier molecular flexibility index (Phi) is 8.58. The number of hydrogen-bond acceptors (Lipinski definition) is 6. The zero-order valence-corrected chi connectivity index (χ0v) is 19.0. The molecule has 0 spiro atoms. The Balaban J connectivity index is 2.50. The van der Waals surface area contributed by atoms with Gasteiger partial charge < -0.3 is 10.1 Å². The molecule has 3 N–H and O–H groups in total. The monoisotopic (exact) mass is 524 g/mol. The number of benzene rings is 2. The van der Waals surface area contributed by atoms with E-state index in [9.17, 15) is 39.2 Å². The lowest BCUT2D eigenvalue weighted by atomic mass is 10.1. The molecule has 0 aliphatic carbocycles. The van der Waals surface area contributed by atoms with E-state index in [1.807, 2.05) is 0 Å².